The molecule has 1 aliphatic carbocycles. The van der Waals surface area contributed by atoms with E-state index in [4.69, 9.17) is 18.5 Å². The van der Waals surface area contributed by atoms with Crippen molar-refractivity contribution in [1.82, 2.24) is 0 Å². The number of carbonyl (C=O) groups excluding carboxylic acids is 2. The van der Waals surface area contributed by atoms with Gasteiger partial charge in [-0.1, -0.05) is 147 Å². The molecule has 0 heterocycles. The van der Waals surface area contributed by atoms with Crippen LogP contribution in [-0.2, 0) is 32.7 Å². The number of esters is 2. The molecule has 13 heteroatoms. The molecule has 7 atom stereocenters. The summed E-state index contributed by atoms with van der Waals surface area (Å²) in [7, 11) is 1.33. The highest BCUT2D eigenvalue weighted by atomic mass is 31.2. The van der Waals surface area contributed by atoms with Gasteiger partial charge < -0.3 is 34.2 Å². The number of nitrogens with zero attached hydrogens (tertiary/aromatic N) is 1. The maximum Gasteiger partial charge on any atom is 0.472 e. The largest absolute Gasteiger partial charge is 0.472 e. The first-order valence-corrected chi connectivity index (χ1v) is 24.8. The summed E-state index contributed by atoms with van der Waals surface area (Å²) >= 11 is 0. The molecule has 0 amide bonds. The predicted octanol–water partition coefficient (Wildman–Crippen LogP) is 9.51. The third-order valence-electron chi connectivity index (χ3n) is 11.1. The van der Waals surface area contributed by atoms with Crippen molar-refractivity contribution in [2.24, 2.45) is 11.8 Å². The van der Waals surface area contributed by atoms with Crippen LogP contribution >= 0.6 is 7.82 Å². The van der Waals surface area contributed by atoms with Gasteiger partial charge in [0.25, 0.3) is 0 Å². The fourth-order valence-corrected chi connectivity index (χ4v) is 8.04. The molecule has 12 nitrogen and oxygen atoms in total. The Morgan fingerprint density at radius 1 is 0.729 bits per heavy atom. The molecule has 0 saturated heterocycles. The maximum atomic E-state index is 12.8. The third kappa shape index (κ3) is 31.0. The molecule has 7 unspecified atom stereocenters. The smallest absolute Gasteiger partial charge is 0.462 e. The van der Waals surface area contributed by atoms with Crippen molar-refractivity contribution in [2.75, 3.05) is 47.5 Å². The molecule has 4 N–H and O–H groups in total. The molecule has 0 radical (unpaired) electrons. The van der Waals surface area contributed by atoms with Gasteiger partial charge in [0.2, 0.25) is 0 Å². The molecule has 1 rings (SSSR count). The lowest BCUT2D eigenvalue weighted by molar-refractivity contribution is -0.870. The van der Waals surface area contributed by atoms with E-state index in [0.29, 0.717) is 49.6 Å². The number of aliphatic hydroxyl groups is 3. The van der Waals surface area contributed by atoms with Crippen molar-refractivity contribution >= 4 is 19.8 Å². The maximum absolute atomic E-state index is 12.8. The zero-order valence-corrected chi connectivity index (χ0v) is 38.7. The van der Waals surface area contributed by atoms with Crippen molar-refractivity contribution in [3.63, 3.8) is 0 Å². The molecular weight excluding hydrogens is 773 g/mol. The summed E-state index contributed by atoms with van der Waals surface area (Å²) in [4.78, 5) is 35.6. The minimum absolute atomic E-state index is 0.0105. The van der Waals surface area contributed by atoms with Gasteiger partial charge in [-0.3, -0.25) is 18.6 Å². The van der Waals surface area contributed by atoms with Gasteiger partial charge in [0.05, 0.1) is 46.1 Å². The van der Waals surface area contributed by atoms with Gasteiger partial charge in [0, 0.05) is 25.2 Å². The second-order valence-electron chi connectivity index (χ2n) is 17.8. The van der Waals surface area contributed by atoms with Gasteiger partial charge in [-0.2, -0.15) is 0 Å². The predicted molar refractivity (Wildman–Crippen MR) is 236 cm³/mol. The van der Waals surface area contributed by atoms with E-state index in [9.17, 15) is 34.4 Å². The Morgan fingerprint density at radius 2 is 1.29 bits per heavy atom. The van der Waals surface area contributed by atoms with Crippen LogP contribution in [0, 0.1) is 11.8 Å². The number of allylic oxidation sites excluding steroid dienone is 2. The van der Waals surface area contributed by atoms with Crippen LogP contribution in [0.15, 0.2) is 24.3 Å². The Hall–Kier alpha value is -1.63. The van der Waals surface area contributed by atoms with E-state index in [1.165, 1.54) is 70.6 Å². The van der Waals surface area contributed by atoms with E-state index in [1.807, 2.05) is 39.4 Å². The second kappa shape index (κ2) is 33.9. The number of hydrogen-bond acceptors (Lipinski definition) is 10. The fourth-order valence-electron chi connectivity index (χ4n) is 7.30. The molecule has 1 saturated carbocycles. The van der Waals surface area contributed by atoms with Crippen LogP contribution in [0.5, 0.6) is 0 Å². The minimum Gasteiger partial charge on any atom is -0.462 e. The standard InChI is InChI=1S/C46H86NO11P/c1-6-8-10-11-12-13-14-15-16-17-18-19-20-21-26-30-45(51)55-37-40(38-57-59(53,54)56-35-34-47(3,4)5)58-46(52)31-27-23-22-25-29-41-42(44(50)36-43(41)49)33-32-39(48)28-24-9-7-2/h22,25,32-33,39-44,48-50H,6-21,23-24,26-31,34-38H2,1-5H3/p+1/b25-22-,33-32+. The quantitative estimate of drug-likeness (QED) is 0.0153. The molecule has 1 aliphatic rings. The SMILES string of the molecule is CCCCCCCCCCCCCCCCCC(=O)OCC(COP(=O)(O)OCC[N+](C)(C)C)OC(=O)CCC/C=C\CC1C(O)CC(O)C1/C=C/C(O)CCCCC. The van der Waals surface area contributed by atoms with Crippen molar-refractivity contribution in [3.8, 4) is 0 Å². The second-order valence-corrected chi connectivity index (χ2v) is 19.2. The highest BCUT2D eigenvalue weighted by Gasteiger charge is 2.39. The summed E-state index contributed by atoms with van der Waals surface area (Å²) in [6.07, 6.45) is 28.9. The number of unbranched alkanes of at least 4 members (excludes halogenated alkanes) is 17. The van der Waals surface area contributed by atoms with Crippen molar-refractivity contribution < 1.29 is 57.4 Å². The topological polar surface area (TPSA) is 169 Å². The summed E-state index contributed by atoms with van der Waals surface area (Å²) in [6, 6.07) is 0. The summed E-state index contributed by atoms with van der Waals surface area (Å²) in [5, 5.41) is 31.4. The molecular formula is C46H87NO11P+. The summed E-state index contributed by atoms with van der Waals surface area (Å²) < 4.78 is 34.3. The molecule has 0 aromatic heterocycles. The van der Waals surface area contributed by atoms with Gasteiger partial charge in [0.15, 0.2) is 6.10 Å². The lowest BCUT2D eigenvalue weighted by Crippen LogP contribution is -2.37. The molecule has 0 aromatic rings. The van der Waals surface area contributed by atoms with Gasteiger partial charge in [-0.05, 0) is 38.0 Å². The molecule has 0 bridgehead atoms. The van der Waals surface area contributed by atoms with Gasteiger partial charge in [-0.15, -0.1) is 0 Å². The van der Waals surface area contributed by atoms with E-state index in [0.717, 1.165) is 38.5 Å². The number of aliphatic hydroxyl groups excluding tert-OH is 3. The Labute approximate surface area is 358 Å². The molecule has 346 valence electrons. The zero-order chi connectivity index (χ0) is 43.8. The summed E-state index contributed by atoms with van der Waals surface area (Å²) in [5.41, 5.74) is 0. The van der Waals surface area contributed by atoms with Crippen LogP contribution in [0.1, 0.15) is 174 Å². The number of hydrogen-bond donors (Lipinski definition) is 4. The molecule has 1 fully saturated rings. The third-order valence-corrected chi connectivity index (χ3v) is 12.0. The van der Waals surface area contributed by atoms with E-state index in [1.54, 1.807) is 6.08 Å². The number of likely N-dealkylation sites (N-methyl/N-ethyl adjacent to an activating group) is 1. The number of rotatable bonds is 38. The molecule has 0 aromatic carbocycles. The zero-order valence-electron chi connectivity index (χ0n) is 37.8. The molecule has 59 heavy (non-hydrogen) atoms. The summed E-state index contributed by atoms with van der Waals surface area (Å²) in [6.45, 7) is 4.05. The normalized spacial score (nSPS) is 20.6. The highest BCUT2D eigenvalue weighted by Crippen LogP contribution is 2.43. The minimum atomic E-state index is -4.44. The molecule has 0 spiro atoms. The number of quaternary nitrogens is 1. The van der Waals surface area contributed by atoms with E-state index in [2.05, 4.69) is 13.8 Å². The van der Waals surface area contributed by atoms with Gasteiger partial charge >= 0.3 is 19.8 Å². The number of carbonyl (C=O) groups is 2. The van der Waals surface area contributed by atoms with Crippen LogP contribution in [-0.4, -0.2) is 109 Å². The van der Waals surface area contributed by atoms with Crippen molar-refractivity contribution in [2.45, 2.75) is 199 Å². The average molecular weight is 861 g/mol. The first-order valence-electron chi connectivity index (χ1n) is 23.3. The van der Waals surface area contributed by atoms with Crippen LogP contribution in [0.4, 0.5) is 0 Å². The van der Waals surface area contributed by atoms with E-state index >= 15 is 0 Å². The van der Waals surface area contributed by atoms with Crippen molar-refractivity contribution in [3.05, 3.63) is 24.3 Å². The number of phosphoric acid groups is 1. The Bertz CT molecular complexity index is 1180. The van der Waals surface area contributed by atoms with Crippen molar-refractivity contribution in [1.29, 1.82) is 0 Å². The molecule has 0 aliphatic heterocycles. The lowest BCUT2D eigenvalue weighted by Gasteiger charge is -2.24. The van der Waals surface area contributed by atoms with E-state index < -0.39 is 50.8 Å². The first kappa shape index (κ1) is 55.4. The fraction of sp³-hybridized carbons (Fsp3) is 0.870. The van der Waals surface area contributed by atoms with Crippen LogP contribution in [0.3, 0.4) is 0 Å². The lowest BCUT2D eigenvalue weighted by atomic mass is 9.89. The Balaban J connectivity index is 2.49. The average Bonchev–Trinajstić information content (AvgIpc) is 3.44. The Morgan fingerprint density at radius 3 is 1.88 bits per heavy atom. The van der Waals surface area contributed by atoms with Gasteiger partial charge in [-0.25, -0.2) is 4.57 Å². The van der Waals surface area contributed by atoms with Crippen LogP contribution in [0.25, 0.3) is 0 Å². The summed E-state index contributed by atoms with van der Waals surface area (Å²) in [5.74, 6) is -1.40. The number of phosphoric ester groups is 1. The monoisotopic (exact) mass is 861 g/mol. The van der Waals surface area contributed by atoms with Crippen LogP contribution in [0.2, 0.25) is 0 Å². The highest BCUT2D eigenvalue weighted by molar-refractivity contribution is 7.47. The number of ether oxygens (including phenoxy) is 2. The van der Waals surface area contributed by atoms with Crippen LogP contribution < -0.4 is 0 Å². The van der Waals surface area contributed by atoms with E-state index in [-0.39, 0.29) is 37.9 Å². The Kier molecular flexibility index (Phi) is 31.9. The first-order chi connectivity index (χ1) is 28.2. The van der Waals surface area contributed by atoms with Gasteiger partial charge in [0.1, 0.15) is 19.8 Å².